The maximum atomic E-state index is 13.4. The monoisotopic (exact) mass is 436 g/mol. The third-order valence-corrected chi connectivity index (χ3v) is 6.07. The van der Waals surface area contributed by atoms with Gasteiger partial charge in [0.2, 0.25) is 5.88 Å². The highest BCUT2D eigenvalue weighted by molar-refractivity contribution is 5.69. The molecule has 1 aromatic carbocycles. The number of amides is 1. The molecule has 0 saturated carbocycles. The van der Waals surface area contributed by atoms with Crippen molar-refractivity contribution in [2.45, 2.75) is 56.2 Å². The fourth-order valence-electron chi connectivity index (χ4n) is 4.62. The van der Waals surface area contributed by atoms with Crippen molar-refractivity contribution in [1.82, 2.24) is 9.88 Å². The number of benzene rings is 1. The van der Waals surface area contributed by atoms with Crippen LogP contribution in [0.2, 0.25) is 0 Å². The molecule has 2 bridgehead atoms. The van der Waals surface area contributed by atoms with Crippen molar-refractivity contribution < 1.29 is 32.5 Å². The van der Waals surface area contributed by atoms with Crippen molar-refractivity contribution in [3.8, 4) is 5.88 Å². The normalized spacial score (nSPS) is 25.4. The van der Waals surface area contributed by atoms with Crippen LogP contribution in [0.15, 0.2) is 42.6 Å². The highest BCUT2D eigenvalue weighted by Crippen LogP contribution is 2.47. The Bertz CT molecular complexity index is 938. The fourth-order valence-corrected chi connectivity index (χ4v) is 4.62. The molecule has 1 aromatic heterocycles. The highest BCUT2D eigenvalue weighted by atomic mass is 19.4. The van der Waals surface area contributed by atoms with E-state index in [1.165, 1.54) is 6.20 Å². The quantitative estimate of drug-likeness (QED) is 0.776. The molecule has 9 heteroatoms. The molecule has 2 saturated heterocycles. The molecular weight excluding hydrogens is 413 g/mol. The molecule has 3 heterocycles. The highest BCUT2D eigenvalue weighted by Gasteiger charge is 2.51. The zero-order valence-corrected chi connectivity index (χ0v) is 16.9. The van der Waals surface area contributed by atoms with Gasteiger partial charge in [0.05, 0.1) is 12.7 Å². The van der Waals surface area contributed by atoms with Gasteiger partial charge in [0.1, 0.15) is 12.2 Å². The van der Waals surface area contributed by atoms with Gasteiger partial charge in [0, 0.05) is 36.7 Å². The molecule has 2 unspecified atom stereocenters. The Labute approximate surface area is 177 Å². The lowest BCUT2D eigenvalue weighted by atomic mass is 9.81. The van der Waals surface area contributed by atoms with E-state index in [2.05, 4.69) is 4.98 Å². The number of methoxy groups -OCH3 is 1. The number of rotatable bonds is 4. The number of hydrogen-bond acceptors (Lipinski definition) is 5. The zero-order valence-electron chi connectivity index (χ0n) is 16.9. The van der Waals surface area contributed by atoms with E-state index in [1.54, 1.807) is 4.90 Å². The van der Waals surface area contributed by atoms with E-state index in [9.17, 15) is 23.1 Å². The molecule has 31 heavy (non-hydrogen) atoms. The van der Waals surface area contributed by atoms with Crippen LogP contribution in [0.1, 0.15) is 42.4 Å². The minimum atomic E-state index is -4.66. The first-order valence-corrected chi connectivity index (χ1v) is 10.0. The standard InChI is InChI=1S/C22H23F3N2O4/c1-30-19-18(22(23,24)25)9-15(12-26-19)21(29)10-16-7-8-17(11-21)27(16)20(28)31-13-14-5-3-2-4-6-14/h2-6,9,12,16-17,29H,7-8,10-11,13H2,1H3. The predicted octanol–water partition coefficient (Wildman–Crippen LogP) is 4.26. The summed E-state index contributed by atoms with van der Waals surface area (Å²) in [5.74, 6) is -0.537. The predicted molar refractivity (Wildman–Crippen MR) is 104 cm³/mol. The lowest BCUT2D eigenvalue weighted by Gasteiger charge is -2.43. The van der Waals surface area contributed by atoms with E-state index in [0.717, 1.165) is 18.7 Å². The summed E-state index contributed by atoms with van der Waals surface area (Å²) in [7, 11) is 1.12. The Hall–Kier alpha value is -2.81. The maximum Gasteiger partial charge on any atom is 0.421 e. The van der Waals surface area contributed by atoms with Gasteiger partial charge in [-0.05, 0) is 24.5 Å². The van der Waals surface area contributed by atoms with Crippen LogP contribution >= 0.6 is 0 Å². The molecule has 4 rings (SSSR count). The first kappa shape index (κ1) is 21.4. The second-order valence-electron chi connectivity index (χ2n) is 8.05. The molecule has 166 valence electrons. The summed E-state index contributed by atoms with van der Waals surface area (Å²) in [5.41, 5.74) is -1.60. The fraction of sp³-hybridized carbons (Fsp3) is 0.455. The van der Waals surface area contributed by atoms with Crippen molar-refractivity contribution in [2.75, 3.05) is 7.11 Å². The molecule has 2 aliphatic rings. The van der Waals surface area contributed by atoms with E-state index < -0.39 is 29.3 Å². The minimum absolute atomic E-state index is 0.0785. The van der Waals surface area contributed by atoms with Crippen LogP contribution in [0.5, 0.6) is 5.88 Å². The summed E-state index contributed by atoms with van der Waals surface area (Å²) < 4.78 is 50.4. The van der Waals surface area contributed by atoms with E-state index in [1.807, 2.05) is 30.3 Å². The number of alkyl halides is 3. The van der Waals surface area contributed by atoms with Crippen molar-refractivity contribution >= 4 is 6.09 Å². The third-order valence-electron chi connectivity index (χ3n) is 6.07. The maximum absolute atomic E-state index is 13.4. The van der Waals surface area contributed by atoms with Gasteiger partial charge in [-0.3, -0.25) is 0 Å². The Balaban J connectivity index is 1.51. The average molecular weight is 436 g/mol. The van der Waals surface area contributed by atoms with E-state index in [0.29, 0.717) is 12.8 Å². The number of aromatic nitrogens is 1. The van der Waals surface area contributed by atoms with Crippen molar-refractivity contribution in [3.05, 3.63) is 59.3 Å². The van der Waals surface area contributed by atoms with Gasteiger partial charge >= 0.3 is 12.3 Å². The molecule has 2 atom stereocenters. The van der Waals surface area contributed by atoms with E-state index in [4.69, 9.17) is 9.47 Å². The van der Waals surface area contributed by atoms with Crippen LogP contribution in [0, 0.1) is 0 Å². The van der Waals surface area contributed by atoms with Gasteiger partial charge in [0.25, 0.3) is 0 Å². The Morgan fingerprint density at radius 2 is 1.87 bits per heavy atom. The van der Waals surface area contributed by atoms with Crippen LogP contribution in [0.3, 0.4) is 0 Å². The van der Waals surface area contributed by atoms with Gasteiger partial charge in [-0.15, -0.1) is 0 Å². The summed E-state index contributed by atoms with van der Waals surface area (Å²) in [6, 6.07) is 9.55. The van der Waals surface area contributed by atoms with Gasteiger partial charge in [0.15, 0.2) is 0 Å². The van der Waals surface area contributed by atoms with E-state index >= 15 is 0 Å². The third kappa shape index (κ3) is 4.19. The molecule has 1 N–H and O–H groups in total. The number of halogens is 3. The number of ether oxygens (including phenoxy) is 2. The first-order valence-electron chi connectivity index (χ1n) is 10.0. The molecule has 0 radical (unpaired) electrons. The van der Waals surface area contributed by atoms with Crippen LogP contribution in [-0.4, -0.2) is 40.3 Å². The number of nitrogens with zero attached hydrogens (tertiary/aromatic N) is 2. The van der Waals surface area contributed by atoms with Crippen LogP contribution in [0.25, 0.3) is 0 Å². The van der Waals surface area contributed by atoms with Gasteiger partial charge in [-0.2, -0.15) is 13.2 Å². The number of pyridine rings is 1. The summed E-state index contributed by atoms with van der Waals surface area (Å²) in [5, 5.41) is 11.3. The van der Waals surface area contributed by atoms with Crippen LogP contribution in [0.4, 0.5) is 18.0 Å². The minimum Gasteiger partial charge on any atom is -0.481 e. The number of carbonyl (C=O) groups excluding carboxylic acids is 1. The summed E-state index contributed by atoms with van der Waals surface area (Å²) in [6.45, 7) is 0.136. The largest absolute Gasteiger partial charge is 0.481 e. The molecule has 6 nitrogen and oxygen atoms in total. The van der Waals surface area contributed by atoms with Crippen LogP contribution < -0.4 is 4.74 Å². The lowest BCUT2D eigenvalue weighted by molar-refractivity contribution is -0.139. The second-order valence-corrected chi connectivity index (χ2v) is 8.05. The molecule has 0 spiro atoms. The number of piperidine rings is 1. The number of hydrogen-bond donors (Lipinski definition) is 1. The first-order chi connectivity index (χ1) is 14.7. The van der Waals surface area contributed by atoms with Crippen molar-refractivity contribution in [2.24, 2.45) is 0 Å². The van der Waals surface area contributed by atoms with Gasteiger partial charge in [-0.1, -0.05) is 30.3 Å². The average Bonchev–Trinajstić information content (AvgIpc) is 3.03. The van der Waals surface area contributed by atoms with Crippen LogP contribution in [-0.2, 0) is 23.1 Å². The van der Waals surface area contributed by atoms with E-state index in [-0.39, 0.29) is 37.1 Å². The zero-order chi connectivity index (χ0) is 22.2. The molecular formula is C22H23F3N2O4. The molecule has 2 fully saturated rings. The number of fused-ring (bicyclic) bond motifs is 2. The Morgan fingerprint density at radius 1 is 1.23 bits per heavy atom. The van der Waals surface area contributed by atoms with Gasteiger partial charge < -0.3 is 19.5 Å². The second kappa shape index (κ2) is 8.03. The topological polar surface area (TPSA) is 71.9 Å². The molecule has 2 aromatic rings. The molecule has 1 amide bonds. The molecule has 2 aliphatic heterocycles. The van der Waals surface area contributed by atoms with Gasteiger partial charge in [-0.25, -0.2) is 9.78 Å². The van der Waals surface area contributed by atoms with Crippen molar-refractivity contribution in [3.63, 3.8) is 0 Å². The Morgan fingerprint density at radius 3 is 2.45 bits per heavy atom. The molecule has 0 aliphatic carbocycles. The SMILES string of the molecule is COc1ncc(C2(O)CC3CCC(C2)N3C(=O)OCc2ccccc2)cc1C(F)(F)F. The summed E-state index contributed by atoms with van der Waals surface area (Å²) >= 11 is 0. The smallest absolute Gasteiger partial charge is 0.421 e. The summed E-state index contributed by atoms with van der Waals surface area (Å²) in [6.07, 6.45) is -2.36. The lowest BCUT2D eigenvalue weighted by Crippen LogP contribution is -2.52. The summed E-state index contributed by atoms with van der Waals surface area (Å²) in [4.78, 5) is 18.1. The number of aliphatic hydroxyl groups is 1. The Kier molecular flexibility index (Phi) is 5.55. The van der Waals surface area contributed by atoms with Crippen molar-refractivity contribution in [1.29, 1.82) is 0 Å². The number of carbonyl (C=O) groups is 1.